The van der Waals surface area contributed by atoms with E-state index in [1.165, 1.54) is 51.4 Å². The Bertz CT molecular complexity index is 231. The van der Waals surface area contributed by atoms with Crippen LogP contribution in [-0.2, 0) is 0 Å². The molecule has 2 saturated carbocycles. The number of rotatable bonds is 3. The van der Waals surface area contributed by atoms with E-state index in [2.05, 4.69) is 19.2 Å². The molecular formula is C14H28N2. The quantitative estimate of drug-likeness (QED) is 0.773. The second-order valence-corrected chi connectivity index (χ2v) is 6.50. The second kappa shape index (κ2) is 4.66. The molecule has 0 aromatic heterocycles. The minimum atomic E-state index is 0.217. The van der Waals surface area contributed by atoms with Crippen LogP contribution >= 0.6 is 0 Å². The second-order valence-electron chi connectivity index (χ2n) is 6.50. The molecule has 0 aromatic rings. The summed E-state index contributed by atoms with van der Waals surface area (Å²) >= 11 is 0. The Kier molecular flexibility index (Phi) is 3.60. The molecule has 0 saturated heterocycles. The molecule has 2 aliphatic rings. The lowest BCUT2D eigenvalue weighted by Crippen LogP contribution is -2.61. The highest BCUT2D eigenvalue weighted by molar-refractivity contribution is 5.07. The Morgan fingerprint density at radius 1 is 1.06 bits per heavy atom. The van der Waals surface area contributed by atoms with Gasteiger partial charge in [-0.1, -0.05) is 39.5 Å². The van der Waals surface area contributed by atoms with Crippen molar-refractivity contribution < 1.29 is 0 Å². The third-order valence-corrected chi connectivity index (χ3v) is 5.13. The van der Waals surface area contributed by atoms with E-state index in [4.69, 9.17) is 5.73 Å². The predicted molar refractivity (Wildman–Crippen MR) is 69.4 cm³/mol. The van der Waals surface area contributed by atoms with E-state index in [1.807, 2.05) is 0 Å². The van der Waals surface area contributed by atoms with Gasteiger partial charge < -0.3 is 11.1 Å². The number of hydrogen-bond acceptors (Lipinski definition) is 2. The van der Waals surface area contributed by atoms with E-state index >= 15 is 0 Å². The average molecular weight is 224 g/mol. The van der Waals surface area contributed by atoms with Crippen LogP contribution in [0.1, 0.15) is 65.2 Å². The summed E-state index contributed by atoms with van der Waals surface area (Å²) in [6.45, 7) is 5.59. The van der Waals surface area contributed by atoms with Crippen molar-refractivity contribution >= 4 is 0 Å². The third kappa shape index (κ3) is 2.14. The fourth-order valence-corrected chi connectivity index (χ4v) is 3.75. The van der Waals surface area contributed by atoms with Crippen LogP contribution in [0.4, 0.5) is 0 Å². The molecule has 1 unspecified atom stereocenters. The van der Waals surface area contributed by atoms with E-state index in [1.54, 1.807) is 0 Å². The van der Waals surface area contributed by atoms with Crippen molar-refractivity contribution in [2.24, 2.45) is 11.1 Å². The Morgan fingerprint density at radius 2 is 1.75 bits per heavy atom. The van der Waals surface area contributed by atoms with Gasteiger partial charge in [0.15, 0.2) is 0 Å². The molecule has 0 heterocycles. The predicted octanol–water partition coefficient (Wildman–Crippen LogP) is 2.82. The molecule has 2 fully saturated rings. The summed E-state index contributed by atoms with van der Waals surface area (Å²) < 4.78 is 0. The Balaban J connectivity index is 2.03. The Labute approximate surface area is 100 Å². The van der Waals surface area contributed by atoms with Gasteiger partial charge in [-0.15, -0.1) is 0 Å². The van der Waals surface area contributed by atoms with Crippen LogP contribution in [0.2, 0.25) is 0 Å². The Hall–Kier alpha value is -0.0800. The maximum atomic E-state index is 6.10. The molecule has 94 valence electrons. The summed E-state index contributed by atoms with van der Waals surface area (Å²) in [4.78, 5) is 0. The third-order valence-electron chi connectivity index (χ3n) is 5.13. The van der Waals surface area contributed by atoms with Crippen LogP contribution in [0.3, 0.4) is 0 Å². The van der Waals surface area contributed by atoms with E-state index in [-0.39, 0.29) is 5.54 Å². The van der Waals surface area contributed by atoms with Gasteiger partial charge in [-0.3, -0.25) is 0 Å². The summed E-state index contributed by atoms with van der Waals surface area (Å²) in [5.74, 6) is 0. The summed E-state index contributed by atoms with van der Waals surface area (Å²) in [6.07, 6.45) is 10.9. The largest absolute Gasteiger partial charge is 0.329 e. The van der Waals surface area contributed by atoms with Crippen molar-refractivity contribution in [1.82, 2.24) is 5.32 Å². The van der Waals surface area contributed by atoms with Crippen molar-refractivity contribution in [3.05, 3.63) is 0 Å². The molecule has 2 aliphatic carbocycles. The van der Waals surface area contributed by atoms with Gasteiger partial charge in [0.2, 0.25) is 0 Å². The Morgan fingerprint density at radius 3 is 2.25 bits per heavy atom. The zero-order valence-electron chi connectivity index (χ0n) is 11.0. The van der Waals surface area contributed by atoms with Gasteiger partial charge in [0, 0.05) is 18.1 Å². The first-order valence-corrected chi connectivity index (χ1v) is 7.07. The van der Waals surface area contributed by atoms with Crippen molar-refractivity contribution in [2.75, 3.05) is 6.54 Å². The highest BCUT2D eigenvalue weighted by Crippen LogP contribution is 2.46. The van der Waals surface area contributed by atoms with Crippen molar-refractivity contribution in [3.63, 3.8) is 0 Å². The molecule has 3 N–H and O–H groups in total. The number of hydrogen-bond donors (Lipinski definition) is 2. The first kappa shape index (κ1) is 12.4. The van der Waals surface area contributed by atoms with Crippen LogP contribution in [0.5, 0.6) is 0 Å². The molecule has 1 atom stereocenters. The molecule has 2 heteroatoms. The molecular weight excluding hydrogens is 196 g/mol. The fourth-order valence-electron chi connectivity index (χ4n) is 3.75. The highest BCUT2D eigenvalue weighted by Gasteiger charge is 2.48. The fraction of sp³-hybridized carbons (Fsp3) is 1.00. The maximum absolute atomic E-state index is 6.10. The molecule has 0 radical (unpaired) electrons. The minimum Gasteiger partial charge on any atom is -0.329 e. The van der Waals surface area contributed by atoms with Gasteiger partial charge >= 0.3 is 0 Å². The lowest BCUT2D eigenvalue weighted by molar-refractivity contribution is 0.134. The molecule has 0 aliphatic heterocycles. The maximum Gasteiger partial charge on any atom is 0.0357 e. The molecule has 0 bridgehead atoms. The van der Waals surface area contributed by atoms with E-state index < -0.39 is 0 Å². The van der Waals surface area contributed by atoms with Crippen molar-refractivity contribution in [1.29, 1.82) is 0 Å². The van der Waals surface area contributed by atoms with Crippen LogP contribution in [0, 0.1) is 5.41 Å². The normalized spacial score (nSPS) is 35.4. The first-order chi connectivity index (χ1) is 7.60. The van der Waals surface area contributed by atoms with E-state index in [0.717, 1.165) is 12.6 Å². The van der Waals surface area contributed by atoms with Crippen LogP contribution in [0.25, 0.3) is 0 Å². The number of nitrogens with one attached hydrogen (secondary N) is 1. The highest BCUT2D eigenvalue weighted by atomic mass is 15.1. The monoisotopic (exact) mass is 224 g/mol. The lowest BCUT2D eigenvalue weighted by Gasteiger charge is -2.45. The average Bonchev–Trinajstić information content (AvgIpc) is 2.56. The van der Waals surface area contributed by atoms with Gasteiger partial charge in [0.05, 0.1) is 0 Å². The van der Waals surface area contributed by atoms with Crippen molar-refractivity contribution in [2.45, 2.75) is 76.8 Å². The molecule has 0 aromatic carbocycles. The van der Waals surface area contributed by atoms with Crippen molar-refractivity contribution in [3.8, 4) is 0 Å². The summed E-state index contributed by atoms with van der Waals surface area (Å²) in [7, 11) is 0. The standard InChI is InChI=1S/C14H28N2/c1-13(2)9-6-10-14(13,11-15)16-12-7-4-3-5-8-12/h12,16H,3-11,15H2,1-2H3. The SMILES string of the molecule is CC1(C)CCCC1(CN)NC1CCCCC1. The zero-order chi connectivity index (χ0) is 11.6. The first-order valence-electron chi connectivity index (χ1n) is 7.07. The minimum absolute atomic E-state index is 0.217. The van der Waals surface area contributed by atoms with Crippen LogP contribution in [0.15, 0.2) is 0 Å². The lowest BCUT2D eigenvalue weighted by atomic mass is 9.74. The molecule has 2 nitrogen and oxygen atoms in total. The van der Waals surface area contributed by atoms with Gasteiger partial charge in [-0.05, 0) is 31.1 Å². The molecule has 16 heavy (non-hydrogen) atoms. The van der Waals surface area contributed by atoms with Gasteiger partial charge in [-0.25, -0.2) is 0 Å². The summed E-state index contributed by atoms with van der Waals surface area (Å²) in [5.41, 5.74) is 6.69. The van der Waals surface area contributed by atoms with E-state index in [9.17, 15) is 0 Å². The number of nitrogens with two attached hydrogens (primary N) is 1. The molecule has 0 spiro atoms. The van der Waals surface area contributed by atoms with Gasteiger partial charge in [0.25, 0.3) is 0 Å². The smallest absolute Gasteiger partial charge is 0.0357 e. The van der Waals surface area contributed by atoms with E-state index in [0.29, 0.717) is 5.41 Å². The van der Waals surface area contributed by atoms with Crippen LogP contribution in [-0.4, -0.2) is 18.1 Å². The molecule has 0 amide bonds. The summed E-state index contributed by atoms with van der Waals surface area (Å²) in [5, 5.41) is 3.95. The molecule has 2 rings (SSSR count). The van der Waals surface area contributed by atoms with Gasteiger partial charge in [-0.2, -0.15) is 0 Å². The van der Waals surface area contributed by atoms with Crippen LogP contribution < -0.4 is 11.1 Å². The zero-order valence-corrected chi connectivity index (χ0v) is 11.0. The van der Waals surface area contributed by atoms with Gasteiger partial charge in [0.1, 0.15) is 0 Å². The topological polar surface area (TPSA) is 38.0 Å². The summed E-state index contributed by atoms with van der Waals surface area (Å²) in [6, 6.07) is 0.731.